The van der Waals surface area contributed by atoms with E-state index in [0.717, 1.165) is 18.7 Å². The average molecular weight is 316 g/mol. The van der Waals surface area contributed by atoms with E-state index in [1.807, 2.05) is 0 Å². The van der Waals surface area contributed by atoms with Gasteiger partial charge in [-0.25, -0.2) is 4.98 Å². The molecule has 0 saturated heterocycles. The minimum absolute atomic E-state index is 0.109. The predicted octanol–water partition coefficient (Wildman–Crippen LogP) is 3.29. The van der Waals surface area contributed by atoms with Crippen LogP contribution in [-0.4, -0.2) is 36.0 Å². The van der Waals surface area contributed by atoms with E-state index in [0.29, 0.717) is 29.0 Å². The van der Waals surface area contributed by atoms with Gasteiger partial charge >= 0.3 is 0 Å². The molecule has 0 bridgehead atoms. The van der Waals surface area contributed by atoms with Crippen molar-refractivity contribution < 1.29 is 4.79 Å². The molecule has 1 atom stereocenters. The number of hydrogen-bond acceptors (Lipinski definition) is 4. The highest BCUT2D eigenvalue weighted by Crippen LogP contribution is 2.15. The van der Waals surface area contributed by atoms with Gasteiger partial charge in [-0.15, -0.1) is 0 Å². The smallest absolute Gasteiger partial charge is 0.251 e. The third kappa shape index (κ3) is 6.01. The molecule has 1 heterocycles. The Morgan fingerprint density at radius 2 is 2.25 bits per heavy atom. The van der Waals surface area contributed by atoms with Crippen molar-refractivity contribution in [2.45, 2.75) is 20.3 Å². The highest BCUT2D eigenvalue weighted by molar-refractivity contribution is 7.98. The Bertz CT molecular complexity index is 442. The molecule has 1 aromatic rings. The molecule has 1 aromatic heterocycles. The predicted molar refractivity (Wildman–Crippen MR) is 87.9 cm³/mol. The van der Waals surface area contributed by atoms with Crippen LogP contribution in [0.1, 0.15) is 30.6 Å². The summed E-state index contributed by atoms with van der Waals surface area (Å²) in [4.78, 5) is 16.2. The van der Waals surface area contributed by atoms with Crippen molar-refractivity contribution in [3.8, 4) is 0 Å². The molecule has 0 aliphatic heterocycles. The number of carbonyl (C=O) groups excluding carboxylic acids is 1. The van der Waals surface area contributed by atoms with Crippen LogP contribution >= 0.6 is 23.4 Å². The summed E-state index contributed by atoms with van der Waals surface area (Å²) in [5, 5.41) is 6.39. The maximum Gasteiger partial charge on any atom is 0.251 e. The lowest BCUT2D eigenvalue weighted by Crippen LogP contribution is -2.29. The fourth-order valence-corrected chi connectivity index (χ4v) is 2.58. The Morgan fingerprint density at radius 3 is 2.90 bits per heavy atom. The van der Waals surface area contributed by atoms with Gasteiger partial charge in [0.1, 0.15) is 11.0 Å². The molecule has 0 aromatic carbocycles. The fraction of sp³-hybridized carbons (Fsp3) is 0.571. The lowest BCUT2D eigenvalue weighted by molar-refractivity contribution is 0.0949. The van der Waals surface area contributed by atoms with Gasteiger partial charge in [-0.2, -0.15) is 11.8 Å². The summed E-state index contributed by atoms with van der Waals surface area (Å²) in [7, 11) is 0. The SMILES string of the molecule is CCCNc1cc(C(=O)NCC(C)CSC)cc(Cl)n1. The second-order valence-corrected chi connectivity index (χ2v) is 6.06. The Balaban J connectivity index is 2.64. The van der Waals surface area contributed by atoms with E-state index in [1.165, 1.54) is 0 Å². The van der Waals surface area contributed by atoms with Gasteiger partial charge in [0.15, 0.2) is 0 Å². The Morgan fingerprint density at radius 1 is 1.50 bits per heavy atom. The maximum absolute atomic E-state index is 12.1. The molecule has 1 amide bonds. The van der Waals surface area contributed by atoms with Crippen LogP contribution in [0.5, 0.6) is 0 Å². The number of thioether (sulfide) groups is 1. The van der Waals surface area contributed by atoms with Crippen molar-refractivity contribution in [1.29, 1.82) is 0 Å². The zero-order chi connectivity index (χ0) is 15.0. The number of amides is 1. The molecule has 0 radical (unpaired) electrons. The van der Waals surface area contributed by atoms with Gasteiger partial charge in [0.05, 0.1) is 0 Å². The summed E-state index contributed by atoms with van der Waals surface area (Å²) in [5.41, 5.74) is 0.542. The normalized spacial score (nSPS) is 12.0. The van der Waals surface area contributed by atoms with Gasteiger partial charge in [0.25, 0.3) is 5.91 Å². The highest BCUT2D eigenvalue weighted by Gasteiger charge is 2.10. The summed E-state index contributed by atoms with van der Waals surface area (Å²) in [5.74, 6) is 2.01. The molecule has 1 unspecified atom stereocenters. The van der Waals surface area contributed by atoms with Crippen LogP contribution in [0.4, 0.5) is 5.82 Å². The summed E-state index contributed by atoms with van der Waals surface area (Å²) < 4.78 is 0. The standard InChI is InChI=1S/C14H22ClN3OS/c1-4-5-16-13-7-11(6-12(15)18-13)14(19)17-8-10(2)9-20-3/h6-7,10H,4-5,8-9H2,1-3H3,(H,16,18)(H,17,19). The number of aromatic nitrogens is 1. The van der Waals surface area contributed by atoms with E-state index in [2.05, 4.69) is 35.7 Å². The van der Waals surface area contributed by atoms with Gasteiger partial charge in [-0.05, 0) is 36.5 Å². The first-order valence-corrected chi connectivity index (χ1v) is 8.52. The van der Waals surface area contributed by atoms with Crippen LogP contribution in [0.2, 0.25) is 5.15 Å². The first-order chi connectivity index (χ1) is 9.56. The molecule has 0 saturated carbocycles. The quantitative estimate of drug-likeness (QED) is 0.723. The number of pyridine rings is 1. The van der Waals surface area contributed by atoms with Gasteiger partial charge in [-0.1, -0.05) is 25.4 Å². The van der Waals surface area contributed by atoms with Gasteiger partial charge in [0, 0.05) is 18.7 Å². The summed E-state index contributed by atoms with van der Waals surface area (Å²) in [6, 6.07) is 3.32. The zero-order valence-electron chi connectivity index (χ0n) is 12.2. The second kappa shape index (κ2) is 9.08. The van der Waals surface area contributed by atoms with Crippen LogP contribution < -0.4 is 10.6 Å². The molecule has 0 spiro atoms. The van der Waals surface area contributed by atoms with E-state index < -0.39 is 0 Å². The number of anilines is 1. The lowest BCUT2D eigenvalue weighted by Gasteiger charge is -2.12. The van der Waals surface area contributed by atoms with E-state index in [-0.39, 0.29) is 5.91 Å². The molecule has 6 heteroatoms. The molecule has 0 aliphatic carbocycles. The molecule has 1 rings (SSSR count). The van der Waals surface area contributed by atoms with Crippen LogP contribution in [0.25, 0.3) is 0 Å². The molecule has 4 nitrogen and oxygen atoms in total. The van der Waals surface area contributed by atoms with Crippen molar-refractivity contribution in [3.05, 3.63) is 22.8 Å². The first-order valence-electron chi connectivity index (χ1n) is 6.75. The Kier molecular flexibility index (Phi) is 7.77. The van der Waals surface area contributed by atoms with Crippen molar-refractivity contribution >= 4 is 35.1 Å². The highest BCUT2D eigenvalue weighted by atomic mass is 35.5. The molecule has 112 valence electrons. The lowest BCUT2D eigenvalue weighted by atomic mass is 10.2. The minimum Gasteiger partial charge on any atom is -0.370 e. The van der Waals surface area contributed by atoms with E-state index in [4.69, 9.17) is 11.6 Å². The number of rotatable bonds is 8. The fourth-order valence-electron chi connectivity index (χ4n) is 1.68. The van der Waals surface area contributed by atoms with Crippen LogP contribution in [-0.2, 0) is 0 Å². The molecule has 20 heavy (non-hydrogen) atoms. The van der Waals surface area contributed by atoms with Gasteiger partial charge in [-0.3, -0.25) is 4.79 Å². The summed E-state index contributed by atoms with van der Waals surface area (Å²) in [6.45, 7) is 5.65. The average Bonchev–Trinajstić information content (AvgIpc) is 2.42. The van der Waals surface area contributed by atoms with Crippen molar-refractivity contribution in [2.75, 3.05) is 30.4 Å². The molecule has 2 N–H and O–H groups in total. The zero-order valence-corrected chi connectivity index (χ0v) is 13.8. The maximum atomic E-state index is 12.1. The minimum atomic E-state index is -0.109. The number of nitrogens with zero attached hydrogens (tertiary/aromatic N) is 1. The van der Waals surface area contributed by atoms with E-state index >= 15 is 0 Å². The number of nitrogens with one attached hydrogen (secondary N) is 2. The Hall–Kier alpha value is -0.940. The number of hydrogen-bond donors (Lipinski definition) is 2. The van der Waals surface area contributed by atoms with Crippen molar-refractivity contribution in [3.63, 3.8) is 0 Å². The molecule has 0 fully saturated rings. The summed E-state index contributed by atoms with van der Waals surface area (Å²) >= 11 is 7.73. The third-order valence-electron chi connectivity index (χ3n) is 2.67. The molecule has 0 aliphatic rings. The van der Waals surface area contributed by atoms with E-state index in [1.54, 1.807) is 23.9 Å². The topological polar surface area (TPSA) is 54.0 Å². The monoisotopic (exact) mass is 315 g/mol. The second-order valence-electron chi connectivity index (χ2n) is 4.76. The van der Waals surface area contributed by atoms with Crippen molar-refractivity contribution in [2.24, 2.45) is 5.92 Å². The Labute approximate surface area is 130 Å². The van der Waals surface area contributed by atoms with Crippen LogP contribution in [0.3, 0.4) is 0 Å². The number of carbonyl (C=O) groups is 1. The molecular weight excluding hydrogens is 294 g/mol. The summed E-state index contributed by atoms with van der Waals surface area (Å²) in [6.07, 6.45) is 3.05. The van der Waals surface area contributed by atoms with Crippen molar-refractivity contribution in [1.82, 2.24) is 10.3 Å². The van der Waals surface area contributed by atoms with Gasteiger partial charge in [0.2, 0.25) is 0 Å². The first kappa shape index (κ1) is 17.1. The van der Waals surface area contributed by atoms with Crippen LogP contribution in [0, 0.1) is 5.92 Å². The van der Waals surface area contributed by atoms with E-state index in [9.17, 15) is 4.79 Å². The third-order valence-corrected chi connectivity index (χ3v) is 3.77. The largest absolute Gasteiger partial charge is 0.370 e. The molecular formula is C14H22ClN3OS. The van der Waals surface area contributed by atoms with Gasteiger partial charge < -0.3 is 10.6 Å². The van der Waals surface area contributed by atoms with Crippen LogP contribution in [0.15, 0.2) is 12.1 Å². The number of halogens is 1.